The van der Waals surface area contributed by atoms with Crippen molar-refractivity contribution < 1.29 is 9.90 Å². The van der Waals surface area contributed by atoms with E-state index >= 15 is 0 Å². The summed E-state index contributed by atoms with van der Waals surface area (Å²) in [6.45, 7) is 7.90. The van der Waals surface area contributed by atoms with Crippen LogP contribution in [0.5, 0.6) is 5.75 Å². The van der Waals surface area contributed by atoms with Gasteiger partial charge in [0.25, 0.3) is 5.91 Å². The molecule has 2 N–H and O–H groups in total. The Morgan fingerprint density at radius 2 is 2.06 bits per heavy atom. The number of hydrogen-bond donors (Lipinski definition) is 2. The van der Waals surface area contributed by atoms with Gasteiger partial charge in [0.2, 0.25) is 0 Å². The minimum Gasteiger partial charge on any atom is -0.508 e. The van der Waals surface area contributed by atoms with Crippen molar-refractivity contribution in [2.75, 3.05) is 0 Å². The van der Waals surface area contributed by atoms with E-state index in [1.807, 2.05) is 13.8 Å². The molecular formula is C14H21NO2. The Morgan fingerprint density at radius 1 is 1.41 bits per heavy atom. The number of amides is 1. The molecule has 3 nitrogen and oxygen atoms in total. The number of phenols is 1. The van der Waals surface area contributed by atoms with Crippen molar-refractivity contribution >= 4 is 5.91 Å². The fraction of sp³-hybridized carbons (Fsp3) is 0.500. The predicted molar refractivity (Wildman–Crippen MR) is 69.3 cm³/mol. The maximum Gasteiger partial charge on any atom is 0.251 e. The largest absolute Gasteiger partial charge is 0.508 e. The molecule has 0 saturated carbocycles. The van der Waals surface area contributed by atoms with Crippen LogP contribution in [0.1, 0.15) is 49.5 Å². The van der Waals surface area contributed by atoms with E-state index in [0.717, 1.165) is 18.4 Å². The Bertz CT molecular complexity index is 411. The molecule has 0 radical (unpaired) electrons. The molecule has 0 fully saturated rings. The summed E-state index contributed by atoms with van der Waals surface area (Å²) in [5.74, 6) is 0.0182. The second-order valence-electron chi connectivity index (χ2n) is 5.09. The van der Waals surface area contributed by atoms with Gasteiger partial charge >= 0.3 is 0 Å². The zero-order valence-electron chi connectivity index (χ0n) is 11.0. The van der Waals surface area contributed by atoms with Crippen LogP contribution in [0, 0.1) is 6.92 Å². The van der Waals surface area contributed by atoms with E-state index in [1.54, 1.807) is 19.1 Å². The molecule has 0 aliphatic heterocycles. The Hall–Kier alpha value is -1.51. The molecule has 1 aromatic rings. The summed E-state index contributed by atoms with van der Waals surface area (Å²) >= 11 is 0. The van der Waals surface area contributed by atoms with Crippen LogP contribution >= 0.6 is 0 Å². The van der Waals surface area contributed by atoms with Gasteiger partial charge in [-0.3, -0.25) is 4.79 Å². The predicted octanol–water partition coefficient (Wildman–Crippen LogP) is 3.01. The van der Waals surface area contributed by atoms with Gasteiger partial charge in [0, 0.05) is 11.1 Å². The molecule has 3 heteroatoms. The number of carbonyl (C=O) groups excluding carboxylic acids is 1. The first-order chi connectivity index (χ1) is 7.85. The highest BCUT2D eigenvalue weighted by Crippen LogP contribution is 2.18. The minimum absolute atomic E-state index is 0.140. The number of aryl methyl sites for hydroxylation is 1. The first-order valence-corrected chi connectivity index (χ1v) is 5.98. The molecule has 1 aromatic carbocycles. The van der Waals surface area contributed by atoms with E-state index in [2.05, 4.69) is 12.2 Å². The van der Waals surface area contributed by atoms with Crippen molar-refractivity contribution in [3.05, 3.63) is 29.3 Å². The van der Waals surface area contributed by atoms with Crippen LogP contribution in [0.15, 0.2) is 18.2 Å². The van der Waals surface area contributed by atoms with Gasteiger partial charge in [0.05, 0.1) is 0 Å². The molecule has 0 aliphatic carbocycles. The van der Waals surface area contributed by atoms with Gasteiger partial charge in [0.1, 0.15) is 5.75 Å². The normalized spacial score (nSPS) is 11.3. The van der Waals surface area contributed by atoms with Crippen LogP contribution in [-0.4, -0.2) is 16.6 Å². The number of benzene rings is 1. The lowest BCUT2D eigenvalue weighted by Gasteiger charge is -2.25. The fourth-order valence-electron chi connectivity index (χ4n) is 1.82. The minimum atomic E-state index is -0.216. The maximum absolute atomic E-state index is 12.0. The monoisotopic (exact) mass is 235 g/mol. The first-order valence-electron chi connectivity index (χ1n) is 5.98. The molecule has 0 aromatic heterocycles. The lowest BCUT2D eigenvalue weighted by molar-refractivity contribution is 0.0908. The summed E-state index contributed by atoms with van der Waals surface area (Å²) in [7, 11) is 0. The lowest BCUT2D eigenvalue weighted by atomic mass is 9.98. The standard InChI is InChI=1S/C14H21NO2/c1-5-8-14(3,4)15-13(17)11-7-6-10(2)12(16)9-11/h6-7,9,16H,5,8H2,1-4H3,(H,15,17). The van der Waals surface area contributed by atoms with Gasteiger partial charge in [-0.15, -0.1) is 0 Å². The van der Waals surface area contributed by atoms with Crippen molar-refractivity contribution in [3.8, 4) is 5.75 Å². The topological polar surface area (TPSA) is 49.3 Å². The van der Waals surface area contributed by atoms with Crippen LogP contribution in [0.25, 0.3) is 0 Å². The van der Waals surface area contributed by atoms with Crippen molar-refractivity contribution in [2.45, 2.75) is 46.1 Å². The molecule has 17 heavy (non-hydrogen) atoms. The van der Waals surface area contributed by atoms with Gasteiger partial charge < -0.3 is 10.4 Å². The van der Waals surface area contributed by atoms with E-state index in [0.29, 0.717) is 5.56 Å². The number of carbonyl (C=O) groups is 1. The highest BCUT2D eigenvalue weighted by atomic mass is 16.3. The Labute approximate surface area is 103 Å². The van der Waals surface area contributed by atoms with E-state index in [4.69, 9.17) is 0 Å². The molecule has 1 amide bonds. The van der Waals surface area contributed by atoms with Crippen LogP contribution in [0.4, 0.5) is 0 Å². The van der Waals surface area contributed by atoms with Gasteiger partial charge in [-0.05, 0) is 44.9 Å². The number of nitrogens with one attached hydrogen (secondary N) is 1. The number of phenolic OH excluding ortho intramolecular Hbond substituents is 1. The molecule has 0 spiro atoms. The molecule has 94 valence electrons. The summed E-state index contributed by atoms with van der Waals surface area (Å²) in [5, 5.41) is 12.5. The molecule has 0 aliphatic rings. The van der Waals surface area contributed by atoms with Gasteiger partial charge in [-0.2, -0.15) is 0 Å². The van der Waals surface area contributed by atoms with E-state index < -0.39 is 0 Å². The summed E-state index contributed by atoms with van der Waals surface area (Å²) in [6.07, 6.45) is 1.95. The summed E-state index contributed by atoms with van der Waals surface area (Å²) < 4.78 is 0. The summed E-state index contributed by atoms with van der Waals surface area (Å²) in [6, 6.07) is 4.98. The average Bonchev–Trinajstić information content (AvgIpc) is 2.21. The van der Waals surface area contributed by atoms with Crippen molar-refractivity contribution in [2.24, 2.45) is 0 Å². The smallest absolute Gasteiger partial charge is 0.251 e. The molecule has 1 rings (SSSR count). The van der Waals surface area contributed by atoms with E-state index in [9.17, 15) is 9.90 Å². The SMILES string of the molecule is CCCC(C)(C)NC(=O)c1ccc(C)c(O)c1. The third-order valence-corrected chi connectivity index (χ3v) is 2.80. The molecule has 0 heterocycles. The number of aromatic hydroxyl groups is 1. The van der Waals surface area contributed by atoms with Crippen LogP contribution in [0.2, 0.25) is 0 Å². The first kappa shape index (κ1) is 13.6. The molecule has 0 unspecified atom stereocenters. The number of hydrogen-bond acceptors (Lipinski definition) is 2. The van der Waals surface area contributed by atoms with Crippen molar-refractivity contribution in [3.63, 3.8) is 0 Å². The molecule has 0 atom stereocenters. The highest BCUT2D eigenvalue weighted by molar-refractivity contribution is 5.95. The average molecular weight is 235 g/mol. The summed E-state index contributed by atoms with van der Waals surface area (Å²) in [4.78, 5) is 12.0. The molecule has 0 bridgehead atoms. The Morgan fingerprint density at radius 3 is 2.59 bits per heavy atom. The van der Waals surface area contributed by atoms with Crippen LogP contribution in [-0.2, 0) is 0 Å². The third kappa shape index (κ3) is 3.77. The fourth-order valence-corrected chi connectivity index (χ4v) is 1.82. The van der Waals surface area contributed by atoms with E-state index in [1.165, 1.54) is 6.07 Å². The zero-order chi connectivity index (χ0) is 13.1. The number of rotatable bonds is 4. The lowest BCUT2D eigenvalue weighted by Crippen LogP contribution is -2.43. The van der Waals surface area contributed by atoms with Gasteiger partial charge in [0.15, 0.2) is 0 Å². The van der Waals surface area contributed by atoms with Crippen molar-refractivity contribution in [1.82, 2.24) is 5.32 Å². The van der Waals surface area contributed by atoms with Gasteiger partial charge in [-0.1, -0.05) is 19.4 Å². The maximum atomic E-state index is 12.0. The second kappa shape index (κ2) is 5.21. The molecular weight excluding hydrogens is 214 g/mol. The van der Waals surface area contributed by atoms with Crippen molar-refractivity contribution in [1.29, 1.82) is 0 Å². The Balaban J connectivity index is 2.80. The second-order valence-corrected chi connectivity index (χ2v) is 5.09. The third-order valence-electron chi connectivity index (χ3n) is 2.80. The van der Waals surface area contributed by atoms with Crippen LogP contribution in [0.3, 0.4) is 0 Å². The summed E-state index contributed by atoms with van der Waals surface area (Å²) in [5.41, 5.74) is 1.05. The van der Waals surface area contributed by atoms with E-state index in [-0.39, 0.29) is 17.2 Å². The quantitative estimate of drug-likeness (QED) is 0.842. The highest BCUT2D eigenvalue weighted by Gasteiger charge is 2.20. The Kier molecular flexibility index (Phi) is 4.16. The molecule has 0 saturated heterocycles. The van der Waals surface area contributed by atoms with Gasteiger partial charge in [-0.25, -0.2) is 0 Å². The zero-order valence-corrected chi connectivity index (χ0v) is 11.0. The van der Waals surface area contributed by atoms with Crippen LogP contribution < -0.4 is 5.32 Å².